The van der Waals surface area contributed by atoms with E-state index in [1.165, 1.54) is 11.1 Å². The van der Waals surface area contributed by atoms with Gasteiger partial charge in [0.15, 0.2) is 5.96 Å². The van der Waals surface area contributed by atoms with Gasteiger partial charge < -0.3 is 24.8 Å². The van der Waals surface area contributed by atoms with Crippen LogP contribution in [-0.2, 0) is 15.9 Å². The van der Waals surface area contributed by atoms with Crippen LogP contribution in [-0.4, -0.2) is 59.1 Å². The minimum absolute atomic E-state index is 0. The molecule has 0 saturated carbocycles. The third-order valence-electron chi connectivity index (χ3n) is 4.76. The van der Waals surface area contributed by atoms with E-state index in [4.69, 9.17) is 14.2 Å². The molecule has 1 fully saturated rings. The second-order valence-corrected chi connectivity index (χ2v) is 6.42. The fraction of sp³-hybridized carbons (Fsp3) is 0.632. The highest BCUT2D eigenvalue weighted by atomic mass is 127. The number of nitrogens with one attached hydrogen (secondary N) is 2. The smallest absolute Gasteiger partial charge is 0.191 e. The molecule has 0 bridgehead atoms. The van der Waals surface area contributed by atoms with E-state index in [1.54, 1.807) is 21.3 Å². The molecule has 6 nitrogen and oxygen atoms in total. The van der Waals surface area contributed by atoms with E-state index in [1.807, 2.05) is 6.07 Å². The molecule has 1 heterocycles. The largest absolute Gasteiger partial charge is 0.496 e. The molecule has 1 aromatic rings. The Morgan fingerprint density at radius 3 is 2.58 bits per heavy atom. The summed E-state index contributed by atoms with van der Waals surface area (Å²) in [6, 6.07) is 6.25. The van der Waals surface area contributed by atoms with E-state index in [2.05, 4.69) is 34.7 Å². The Kier molecular flexibility index (Phi) is 10.3. The normalized spacial score (nSPS) is 16.5. The summed E-state index contributed by atoms with van der Waals surface area (Å²) >= 11 is 0. The molecule has 2 rings (SSSR count). The van der Waals surface area contributed by atoms with Crippen molar-refractivity contribution in [1.82, 2.24) is 10.6 Å². The third-order valence-corrected chi connectivity index (χ3v) is 4.76. The lowest BCUT2D eigenvalue weighted by Crippen LogP contribution is -2.51. The zero-order valence-electron chi connectivity index (χ0n) is 16.3. The van der Waals surface area contributed by atoms with Crippen LogP contribution in [0.1, 0.15) is 24.0 Å². The number of nitrogens with zero attached hydrogens (tertiary/aromatic N) is 1. The van der Waals surface area contributed by atoms with Crippen LogP contribution in [0.3, 0.4) is 0 Å². The van der Waals surface area contributed by atoms with Crippen LogP contribution in [0.4, 0.5) is 0 Å². The second kappa shape index (κ2) is 11.6. The number of aryl methyl sites for hydroxylation is 1. The van der Waals surface area contributed by atoms with Crippen LogP contribution in [0.2, 0.25) is 0 Å². The standard InChI is InChI=1S/C19H31N3O3.HI/c1-15-5-6-17(23-3)16(13-15)7-10-21-18(20-2)22-14-19(24-4)8-11-25-12-9-19;/h5-6,13H,7-12,14H2,1-4H3,(H2,20,21,22);1H. The minimum Gasteiger partial charge on any atom is -0.496 e. The molecule has 7 heteroatoms. The van der Waals surface area contributed by atoms with Gasteiger partial charge in [0.2, 0.25) is 0 Å². The van der Waals surface area contributed by atoms with Gasteiger partial charge in [-0.1, -0.05) is 17.7 Å². The minimum atomic E-state index is -0.171. The van der Waals surface area contributed by atoms with Crippen molar-refractivity contribution in [3.8, 4) is 5.75 Å². The Hall–Kier alpha value is -1.06. The van der Waals surface area contributed by atoms with Gasteiger partial charge in [-0.15, -0.1) is 24.0 Å². The van der Waals surface area contributed by atoms with Crippen molar-refractivity contribution < 1.29 is 14.2 Å². The van der Waals surface area contributed by atoms with Crippen molar-refractivity contribution in [2.45, 2.75) is 31.8 Å². The Balaban J connectivity index is 0.00000338. The number of ether oxygens (including phenoxy) is 3. The summed E-state index contributed by atoms with van der Waals surface area (Å²) < 4.78 is 16.6. The fourth-order valence-corrected chi connectivity index (χ4v) is 3.08. The Bertz CT molecular complexity index is 575. The number of methoxy groups -OCH3 is 2. The average Bonchev–Trinajstić information content (AvgIpc) is 2.65. The van der Waals surface area contributed by atoms with Crippen molar-refractivity contribution in [3.05, 3.63) is 29.3 Å². The van der Waals surface area contributed by atoms with E-state index in [9.17, 15) is 0 Å². The molecule has 0 spiro atoms. The SMILES string of the molecule is CN=C(NCCc1cc(C)ccc1OC)NCC1(OC)CCOCC1.I. The quantitative estimate of drug-likeness (QED) is 0.359. The predicted molar refractivity (Wildman–Crippen MR) is 116 cm³/mol. The Morgan fingerprint density at radius 1 is 1.23 bits per heavy atom. The number of hydrogen-bond acceptors (Lipinski definition) is 4. The van der Waals surface area contributed by atoms with Crippen LogP contribution in [0, 0.1) is 6.92 Å². The Labute approximate surface area is 174 Å². The number of rotatable bonds is 7. The zero-order valence-corrected chi connectivity index (χ0v) is 18.6. The Morgan fingerprint density at radius 2 is 1.96 bits per heavy atom. The molecule has 0 aromatic heterocycles. The summed E-state index contributed by atoms with van der Waals surface area (Å²) in [6.45, 7) is 5.08. The van der Waals surface area contributed by atoms with Gasteiger partial charge in [-0.3, -0.25) is 4.99 Å². The number of hydrogen-bond donors (Lipinski definition) is 2. The molecule has 0 aliphatic carbocycles. The lowest BCUT2D eigenvalue weighted by Gasteiger charge is -2.36. The monoisotopic (exact) mass is 477 g/mol. The molecule has 1 aliphatic heterocycles. The molecular weight excluding hydrogens is 445 g/mol. The lowest BCUT2D eigenvalue weighted by molar-refractivity contribution is -0.0855. The summed E-state index contributed by atoms with van der Waals surface area (Å²) in [5.41, 5.74) is 2.26. The lowest BCUT2D eigenvalue weighted by atomic mass is 9.94. The summed E-state index contributed by atoms with van der Waals surface area (Å²) in [5, 5.41) is 6.75. The maximum Gasteiger partial charge on any atom is 0.191 e. The molecule has 2 N–H and O–H groups in total. The first kappa shape index (κ1) is 23.0. The average molecular weight is 477 g/mol. The van der Waals surface area contributed by atoms with Gasteiger partial charge >= 0.3 is 0 Å². The highest BCUT2D eigenvalue weighted by Crippen LogP contribution is 2.23. The zero-order chi connectivity index (χ0) is 18.1. The summed E-state index contributed by atoms with van der Waals surface area (Å²) in [7, 11) is 5.26. The van der Waals surface area contributed by atoms with Crippen LogP contribution in [0.15, 0.2) is 23.2 Å². The topological polar surface area (TPSA) is 64.1 Å². The van der Waals surface area contributed by atoms with Gasteiger partial charge in [-0.05, 0) is 25.0 Å². The van der Waals surface area contributed by atoms with Crippen LogP contribution in [0.25, 0.3) is 0 Å². The van der Waals surface area contributed by atoms with E-state index in [0.29, 0.717) is 0 Å². The van der Waals surface area contributed by atoms with Gasteiger partial charge in [-0.25, -0.2) is 0 Å². The summed E-state index contributed by atoms with van der Waals surface area (Å²) in [4.78, 5) is 4.31. The van der Waals surface area contributed by atoms with E-state index in [-0.39, 0.29) is 29.6 Å². The fourth-order valence-electron chi connectivity index (χ4n) is 3.08. The summed E-state index contributed by atoms with van der Waals surface area (Å²) in [5.74, 6) is 1.71. The van der Waals surface area contributed by atoms with Crippen molar-refractivity contribution in [1.29, 1.82) is 0 Å². The molecule has 0 amide bonds. The van der Waals surface area contributed by atoms with E-state index < -0.39 is 0 Å². The van der Waals surface area contributed by atoms with Gasteiger partial charge in [0.1, 0.15) is 5.75 Å². The van der Waals surface area contributed by atoms with Gasteiger partial charge in [0.05, 0.1) is 12.7 Å². The van der Waals surface area contributed by atoms with Crippen molar-refractivity contribution >= 4 is 29.9 Å². The highest BCUT2D eigenvalue weighted by Gasteiger charge is 2.32. The molecule has 0 radical (unpaired) electrons. The first-order valence-corrected chi connectivity index (χ1v) is 8.83. The van der Waals surface area contributed by atoms with E-state index in [0.717, 1.165) is 57.3 Å². The first-order chi connectivity index (χ1) is 12.1. The molecule has 0 unspecified atom stereocenters. The van der Waals surface area contributed by atoms with Crippen LogP contribution in [0.5, 0.6) is 5.75 Å². The van der Waals surface area contributed by atoms with Gasteiger partial charge in [0, 0.05) is 53.3 Å². The highest BCUT2D eigenvalue weighted by molar-refractivity contribution is 14.0. The number of halogens is 1. The third kappa shape index (κ3) is 6.59. The van der Waals surface area contributed by atoms with Gasteiger partial charge in [0.25, 0.3) is 0 Å². The maximum atomic E-state index is 5.75. The molecule has 1 aromatic carbocycles. The molecule has 1 aliphatic rings. The number of guanidine groups is 1. The summed E-state index contributed by atoms with van der Waals surface area (Å²) in [6.07, 6.45) is 2.66. The molecular formula is C19H32IN3O3. The number of benzene rings is 1. The maximum absolute atomic E-state index is 5.75. The van der Waals surface area contributed by atoms with Crippen molar-refractivity contribution in [3.63, 3.8) is 0 Å². The van der Waals surface area contributed by atoms with Crippen LogP contribution >= 0.6 is 24.0 Å². The van der Waals surface area contributed by atoms with Gasteiger partial charge in [-0.2, -0.15) is 0 Å². The number of aliphatic imine (C=N–C) groups is 1. The van der Waals surface area contributed by atoms with E-state index >= 15 is 0 Å². The van der Waals surface area contributed by atoms with Crippen LogP contribution < -0.4 is 15.4 Å². The molecule has 26 heavy (non-hydrogen) atoms. The first-order valence-electron chi connectivity index (χ1n) is 8.83. The predicted octanol–water partition coefficient (Wildman–Crippen LogP) is 2.52. The van der Waals surface area contributed by atoms with Crippen molar-refractivity contribution in [2.75, 3.05) is 47.6 Å². The molecule has 148 valence electrons. The molecule has 1 saturated heterocycles. The second-order valence-electron chi connectivity index (χ2n) is 6.42. The van der Waals surface area contributed by atoms with Crippen molar-refractivity contribution in [2.24, 2.45) is 4.99 Å². The molecule has 0 atom stereocenters.